The molecule has 3 unspecified atom stereocenters. The molecule has 1 heterocycles. The quantitative estimate of drug-likeness (QED) is 0.487. The van der Waals surface area contributed by atoms with Crippen molar-refractivity contribution in [2.45, 2.75) is 82.3 Å². The van der Waals surface area contributed by atoms with E-state index in [2.05, 4.69) is 10.0 Å². The van der Waals surface area contributed by atoms with Gasteiger partial charge < -0.3 is 14.8 Å². The second kappa shape index (κ2) is 8.32. The van der Waals surface area contributed by atoms with Crippen LogP contribution in [0.5, 0.6) is 0 Å². The Morgan fingerprint density at radius 2 is 1.91 bits per heavy atom. The van der Waals surface area contributed by atoms with Gasteiger partial charge in [-0.2, -0.15) is 8.42 Å². The first kappa shape index (κ1) is 24.1. The number of anilines is 1. The van der Waals surface area contributed by atoms with Crippen LogP contribution in [-0.4, -0.2) is 19.6 Å². The number of sulfonamides is 1. The summed E-state index contributed by atoms with van der Waals surface area (Å²) in [6.07, 6.45) is 2.49. The zero-order valence-electron chi connectivity index (χ0n) is 19.5. The summed E-state index contributed by atoms with van der Waals surface area (Å²) in [5.41, 5.74) is 1.47. The molecule has 7 nitrogen and oxygen atoms in total. The predicted octanol–water partition coefficient (Wildman–Crippen LogP) is 5.80. The largest absolute Gasteiger partial charge is 0.447 e. The lowest BCUT2D eigenvalue weighted by molar-refractivity contribution is -0.0115. The van der Waals surface area contributed by atoms with E-state index in [1.807, 2.05) is 33.8 Å². The van der Waals surface area contributed by atoms with Crippen LogP contribution in [0.4, 0.5) is 10.5 Å². The molecular weight excluding hydrogens is 464 g/mol. The number of hydrogen-bond donors (Lipinski definition) is 3. The van der Waals surface area contributed by atoms with Crippen molar-refractivity contribution < 1.29 is 22.7 Å². The maximum Gasteiger partial charge on any atom is 0.333 e. The van der Waals surface area contributed by atoms with E-state index in [0.29, 0.717) is 22.0 Å². The number of nitrogens with one attached hydrogen (secondary N) is 2. The van der Waals surface area contributed by atoms with Crippen LogP contribution < -0.4 is 10.0 Å². The number of carbonyl (C=O) groups is 1. The molecule has 33 heavy (non-hydrogen) atoms. The third kappa shape index (κ3) is 4.17. The summed E-state index contributed by atoms with van der Waals surface area (Å²) in [5, 5.41) is 13.8. The van der Waals surface area contributed by atoms with E-state index in [1.54, 1.807) is 13.0 Å². The van der Waals surface area contributed by atoms with Crippen molar-refractivity contribution in [3.05, 3.63) is 45.7 Å². The second-order valence-electron chi connectivity index (χ2n) is 9.99. The van der Waals surface area contributed by atoms with Gasteiger partial charge in [0, 0.05) is 22.6 Å². The summed E-state index contributed by atoms with van der Waals surface area (Å²) in [6, 6.07) is 4.08. The lowest BCUT2D eigenvalue weighted by Gasteiger charge is -2.33. The Morgan fingerprint density at radius 3 is 2.55 bits per heavy atom. The highest BCUT2D eigenvalue weighted by atomic mass is 35.5. The van der Waals surface area contributed by atoms with E-state index in [1.165, 1.54) is 6.07 Å². The van der Waals surface area contributed by atoms with E-state index >= 15 is 0 Å². The molecule has 1 aromatic heterocycles. The number of furan rings is 1. The van der Waals surface area contributed by atoms with Crippen molar-refractivity contribution in [2.24, 2.45) is 5.92 Å². The third-order valence-corrected chi connectivity index (χ3v) is 8.55. The van der Waals surface area contributed by atoms with Crippen LogP contribution in [0.25, 0.3) is 0 Å². The lowest BCUT2D eigenvalue weighted by atomic mass is 9.76. The molecule has 9 heteroatoms. The minimum atomic E-state index is -4.29. The molecule has 3 atom stereocenters. The molecule has 0 radical (unpaired) electrons. The minimum Gasteiger partial charge on any atom is -0.447 e. The Hall–Kier alpha value is -2.03. The number of benzene rings is 1. The highest BCUT2D eigenvalue weighted by molar-refractivity contribution is 7.89. The van der Waals surface area contributed by atoms with E-state index < -0.39 is 21.7 Å². The Labute approximate surface area is 199 Å². The molecule has 0 spiro atoms. The Balaban J connectivity index is 1.62. The molecule has 3 N–H and O–H groups in total. The first-order valence-corrected chi connectivity index (χ1v) is 13.2. The van der Waals surface area contributed by atoms with Crippen molar-refractivity contribution in [1.29, 1.82) is 0 Å². The van der Waals surface area contributed by atoms with Gasteiger partial charge in [0.15, 0.2) is 0 Å². The predicted molar refractivity (Wildman–Crippen MR) is 127 cm³/mol. The highest BCUT2D eigenvalue weighted by Gasteiger charge is 2.49. The van der Waals surface area contributed by atoms with E-state index in [4.69, 9.17) is 16.0 Å². The summed E-state index contributed by atoms with van der Waals surface area (Å²) < 4.78 is 33.8. The van der Waals surface area contributed by atoms with Crippen LogP contribution in [0.3, 0.4) is 0 Å². The highest BCUT2D eigenvalue weighted by Crippen LogP contribution is 2.55. The van der Waals surface area contributed by atoms with Gasteiger partial charge in [0.25, 0.3) is 10.0 Å². The maximum absolute atomic E-state index is 13.0. The van der Waals surface area contributed by atoms with Gasteiger partial charge in [0.2, 0.25) is 5.09 Å². The molecule has 1 aromatic carbocycles. The number of urea groups is 1. The Bertz CT molecular complexity index is 1200. The van der Waals surface area contributed by atoms with Crippen LogP contribution in [0, 0.1) is 5.92 Å². The summed E-state index contributed by atoms with van der Waals surface area (Å²) in [5.74, 6) is 0.773. The Kier molecular flexibility index (Phi) is 6.08. The molecule has 180 valence electrons. The van der Waals surface area contributed by atoms with Crippen LogP contribution in [-0.2, 0) is 15.6 Å². The lowest BCUT2D eigenvalue weighted by Crippen LogP contribution is -2.35. The maximum atomic E-state index is 13.0. The first-order valence-electron chi connectivity index (χ1n) is 11.4. The van der Waals surface area contributed by atoms with Crippen molar-refractivity contribution in [3.8, 4) is 0 Å². The molecule has 4 rings (SSSR count). The summed E-state index contributed by atoms with van der Waals surface area (Å²) in [4.78, 5) is 12.8. The fourth-order valence-corrected chi connectivity index (χ4v) is 6.51. The average molecular weight is 495 g/mol. The fraction of sp³-hybridized carbons (Fsp3) is 0.542. The van der Waals surface area contributed by atoms with Gasteiger partial charge in [-0.15, -0.1) is 0 Å². The van der Waals surface area contributed by atoms with Gasteiger partial charge in [-0.05, 0) is 61.1 Å². The van der Waals surface area contributed by atoms with Gasteiger partial charge in [-0.3, -0.25) is 0 Å². The fourth-order valence-electron chi connectivity index (χ4n) is 5.27. The molecule has 2 aliphatic rings. The summed E-state index contributed by atoms with van der Waals surface area (Å²) >= 11 is 6.40. The van der Waals surface area contributed by atoms with E-state index in [-0.39, 0.29) is 28.8 Å². The number of carbonyl (C=O) groups excluding carboxylic acids is 1. The molecule has 2 amide bonds. The number of hydrogen-bond acceptors (Lipinski definition) is 5. The minimum absolute atomic E-state index is 0.0116. The van der Waals surface area contributed by atoms with E-state index in [0.717, 1.165) is 30.4 Å². The Morgan fingerprint density at radius 1 is 1.21 bits per heavy atom. The molecule has 1 saturated carbocycles. The molecule has 0 saturated heterocycles. The van der Waals surface area contributed by atoms with Crippen LogP contribution in [0.2, 0.25) is 5.02 Å². The number of fused-ring (bicyclic) bond motifs is 4. The molecule has 2 bridgehead atoms. The number of amides is 2. The zero-order valence-corrected chi connectivity index (χ0v) is 21.1. The standard InChI is InChI=1S/C24H31ClN2O5S/c1-12(2)16-8-9-18(25)20(13(3)4)21(16)26-23(28)27-33(30,31)19-11-17-22(32-19)14-6-7-15(10-14)24(17,5)29/h8-9,11-15,29H,6-7,10H2,1-5H3,(H2,26,27,28). The van der Waals surface area contributed by atoms with Crippen LogP contribution in [0.15, 0.2) is 27.7 Å². The van der Waals surface area contributed by atoms with Gasteiger partial charge in [-0.25, -0.2) is 9.52 Å². The van der Waals surface area contributed by atoms with Gasteiger partial charge in [-0.1, -0.05) is 45.4 Å². The molecular formula is C24H31ClN2O5S. The SMILES string of the molecule is CC(C)c1ccc(Cl)c(C(C)C)c1NC(=O)NS(=O)(=O)c1cc2c(o1)C1CCC(C1)C2(C)O. The summed E-state index contributed by atoms with van der Waals surface area (Å²) in [7, 11) is -4.29. The zero-order chi connectivity index (χ0) is 24.3. The number of rotatable bonds is 5. The van der Waals surface area contributed by atoms with Crippen molar-refractivity contribution in [2.75, 3.05) is 5.32 Å². The van der Waals surface area contributed by atoms with Gasteiger partial charge >= 0.3 is 6.03 Å². The smallest absolute Gasteiger partial charge is 0.333 e. The summed E-state index contributed by atoms with van der Waals surface area (Å²) in [6.45, 7) is 9.58. The third-order valence-electron chi connectivity index (χ3n) is 7.04. The average Bonchev–Trinajstić information content (AvgIpc) is 3.33. The topological polar surface area (TPSA) is 109 Å². The number of halogens is 1. The van der Waals surface area contributed by atoms with E-state index in [9.17, 15) is 18.3 Å². The van der Waals surface area contributed by atoms with Crippen molar-refractivity contribution in [3.63, 3.8) is 0 Å². The molecule has 2 aliphatic carbocycles. The van der Waals surface area contributed by atoms with Crippen molar-refractivity contribution in [1.82, 2.24) is 4.72 Å². The first-order chi connectivity index (χ1) is 15.3. The second-order valence-corrected chi connectivity index (χ2v) is 12.0. The molecule has 2 aromatic rings. The van der Waals surface area contributed by atoms with Crippen LogP contribution in [0.1, 0.15) is 94.1 Å². The molecule has 1 fully saturated rings. The van der Waals surface area contributed by atoms with Gasteiger partial charge in [0.1, 0.15) is 5.76 Å². The van der Waals surface area contributed by atoms with Crippen LogP contribution >= 0.6 is 11.6 Å². The van der Waals surface area contributed by atoms with Gasteiger partial charge in [0.05, 0.1) is 11.3 Å². The van der Waals surface area contributed by atoms with Crippen molar-refractivity contribution >= 4 is 33.3 Å². The monoisotopic (exact) mass is 494 g/mol. The molecule has 0 aliphatic heterocycles. The normalized spacial score (nSPS) is 24.3. The number of aliphatic hydroxyl groups is 1.